The van der Waals surface area contributed by atoms with Crippen LogP contribution in [0.1, 0.15) is 11.1 Å². The van der Waals surface area contributed by atoms with E-state index < -0.39 is 13.8 Å². The molecule has 1 atom stereocenters. The summed E-state index contributed by atoms with van der Waals surface area (Å²) in [4.78, 5) is 4.15. The Balaban J connectivity index is 1.91. The van der Waals surface area contributed by atoms with E-state index in [0.717, 1.165) is 16.6 Å². The summed E-state index contributed by atoms with van der Waals surface area (Å²) >= 11 is -1.99. The third-order valence-corrected chi connectivity index (χ3v) is 5.00. The number of hydrogen-bond donors (Lipinski definition) is 0. The Hall–Kier alpha value is -1.57. The van der Waals surface area contributed by atoms with E-state index in [0.29, 0.717) is 0 Å². The van der Waals surface area contributed by atoms with Crippen LogP contribution in [0.4, 0.5) is 5.69 Å². The molecule has 3 rings (SSSR count). The number of fused-ring (bicyclic) bond motifs is 1. The predicted molar refractivity (Wildman–Crippen MR) is 69.9 cm³/mol. The maximum absolute atomic E-state index is 11.7. The molecule has 0 fully saturated rings. The van der Waals surface area contributed by atoms with E-state index in [1.54, 1.807) is 5.11 Å². The van der Waals surface area contributed by atoms with Crippen molar-refractivity contribution in [3.63, 3.8) is 0 Å². The molecule has 3 heteroatoms. The Kier molecular flexibility index (Phi) is 2.71. The summed E-state index contributed by atoms with van der Waals surface area (Å²) in [5, 5.41) is 1.59. The molecule has 17 heavy (non-hydrogen) atoms. The van der Waals surface area contributed by atoms with Crippen molar-refractivity contribution in [2.75, 3.05) is 0 Å². The van der Waals surface area contributed by atoms with Crippen LogP contribution in [0.2, 0.25) is 0 Å². The molecule has 1 unspecified atom stereocenters. The zero-order chi connectivity index (χ0) is 11.7. The standard InChI is InChI=1S/C14H11NOSe/c16-17-10-15-13-7-6-12(9-14(13)17)8-11-4-2-1-3-5-11/h1-7,9-10H,8H2. The van der Waals surface area contributed by atoms with Crippen LogP contribution >= 0.6 is 0 Å². The van der Waals surface area contributed by atoms with Gasteiger partial charge in [-0.1, -0.05) is 0 Å². The van der Waals surface area contributed by atoms with Gasteiger partial charge in [-0.3, -0.25) is 0 Å². The Morgan fingerprint density at radius 3 is 2.65 bits per heavy atom. The van der Waals surface area contributed by atoms with Crippen LogP contribution in [-0.4, -0.2) is 18.9 Å². The first kappa shape index (κ1) is 10.6. The molecule has 1 heterocycles. The van der Waals surface area contributed by atoms with Crippen molar-refractivity contribution < 1.29 is 3.83 Å². The van der Waals surface area contributed by atoms with Crippen LogP contribution in [0, 0.1) is 0 Å². The second kappa shape index (κ2) is 4.36. The van der Waals surface area contributed by atoms with Gasteiger partial charge in [0.15, 0.2) is 0 Å². The van der Waals surface area contributed by atoms with Gasteiger partial charge < -0.3 is 0 Å². The average Bonchev–Trinajstić information content (AvgIpc) is 2.73. The topological polar surface area (TPSA) is 29.4 Å². The molecule has 84 valence electrons. The van der Waals surface area contributed by atoms with Gasteiger partial charge in [-0.2, -0.15) is 0 Å². The molecule has 0 amide bonds. The zero-order valence-corrected chi connectivity index (χ0v) is 10.9. The number of hydrogen-bond acceptors (Lipinski definition) is 2. The first-order chi connectivity index (χ1) is 8.33. The van der Waals surface area contributed by atoms with Crippen molar-refractivity contribution in [3.8, 4) is 0 Å². The Bertz CT molecular complexity index is 605. The normalized spacial score (nSPS) is 17.1. The summed E-state index contributed by atoms with van der Waals surface area (Å²) in [6.45, 7) is 0. The van der Waals surface area contributed by atoms with Crippen LogP contribution in [0.15, 0.2) is 53.5 Å². The van der Waals surface area contributed by atoms with Gasteiger partial charge in [0.25, 0.3) is 0 Å². The van der Waals surface area contributed by atoms with Gasteiger partial charge in [-0.15, -0.1) is 0 Å². The van der Waals surface area contributed by atoms with Crippen LogP contribution in [0.3, 0.4) is 0 Å². The van der Waals surface area contributed by atoms with Crippen molar-refractivity contribution in [2.24, 2.45) is 4.99 Å². The van der Waals surface area contributed by atoms with E-state index in [4.69, 9.17) is 0 Å². The van der Waals surface area contributed by atoms with E-state index in [1.807, 2.05) is 30.3 Å². The fourth-order valence-corrected chi connectivity index (χ4v) is 3.85. The Labute approximate surface area is 104 Å². The predicted octanol–water partition coefficient (Wildman–Crippen LogP) is 2.16. The minimum absolute atomic E-state index is 0.877. The van der Waals surface area contributed by atoms with Gasteiger partial charge >= 0.3 is 104 Å². The maximum atomic E-state index is 11.7. The molecule has 0 radical (unpaired) electrons. The average molecular weight is 288 g/mol. The SMILES string of the molecule is O=[Se]1C=Nc2ccc(Cc3ccccc3)cc21. The van der Waals surface area contributed by atoms with E-state index in [9.17, 15) is 3.83 Å². The monoisotopic (exact) mass is 289 g/mol. The van der Waals surface area contributed by atoms with Crippen molar-refractivity contribution >= 4 is 29.1 Å². The van der Waals surface area contributed by atoms with E-state index >= 15 is 0 Å². The van der Waals surface area contributed by atoms with E-state index in [-0.39, 0.29) is 0 Å². The number of nitrogens with zero attached hydrogens (tertiary/aromatic N) is 1. The molecule has 0 aliphatic carbocycles. The first-order valence-electron chi connectivity index (χ1n) is 5.44. The number of benzene rings is 2. The summed E-state index contributed by atoms with van der Waals surface area (Å²) in [5.41, 5.74) is 3.35. The van der Waals surface area contributed by atoms with Gasteiger partial charge in [-0.05, 0) is 0 Å². The van der Waals surface area contributed by atoms with E-state index in [1.165, 1.54) is 11.1 Å². The molecular formula is C14H11NOSe. The minimum atomic E-state index is -1.99. The van der Waals surface area contributed by atoms with Crippen molar-refractivity contribution in [3.05, 3.63) is 59.7 Å². The number of aliphatic imine (C=N–C) groups is 1. The summed E-state index contributed by atoms with van der Waals surface area (Å²) < 4.78 is 12.7. The molecular weight excluding hydrogens is 277 g/mol. The summed E-state index contributed by atoms with van der Waals surface area (Å²) in [5.74, 6) is 0. The second-order valence-electron chi connectivity index (χ2n) is 4.00. The van der Waals surface area contributed by atoms with Crippen LogP contribution in [-0.2, 0) is 10.3 Å². The molecule has 0 saturated carbocycles. The molecule has 0 N–H and O–H groups in total. The van der Waals surface area contributed by atoms with Gasteiger partial charge in [0.05, 0.1) is 0 Å². The first-order valence-corrected chi connectivity index (χ1v) is 7.99. The molecule has 0 bridgehead atoms. The summed E-state index contributed by atoms with van der Waals surface area (Å²) in [6.07, 6.45) is 0.882. The Morgan fingerprint density at radius 1 is 1.00 bits per heavy atom. The van der Waals surface area contributed by atoms with Gasteiger partial charge in [0.2, 0.25) is 0 Å². The third-order valence-electron chi connectivity index (χ3n) is 2.78. The van der Waals surface area contributed by atoms with Crippen molar-refractivity contribution in [1.82, 2.24) is 0 Å². The molecule has 0 spiro atoms. The fraction of sp³-hybridized carbons (Fsp3) is 0.0714. The third kappa shape index (κ3) is 2.12. The van der Waals surface area contributed by atoms with Crippen LogP contribution < -0.4 is 4.46 Å². The van der Waals surface area contributed by atoms with Crippen molar-refractivity contribution in [2.45, 2.75) is 6.42 Å². The molecule has 1 aliphatic rings. The van der Waals surface area contributed by atoms with Gasteiger partial charge in [-0.25, -0.2) is 0 Å². The molecule has 2 aromatic carbocycles. The van der Waals surface area contributed by atoms with Gasteiger partial charge in [0, 0.05) is 0 Å². The van der Waals surface area contributed by atoms with Crippen molar-refractivity contribution in [1.29, 1.82) is 0 Å². The molecule has 1 aliphatic heterocycles. The van der Waals surface area contributed by atoms with Crippen LogP contribution in [0.5, 0.6) is 0 Å². The molecule has 0 saturated heterocycles. The summed E-state index contributed by atoms with van der Waals surface area (Å²) in [7, 11) is 0. The molecule has 0 aromatic heterocycles. The second-order valence-corrected chi connectivity index (χ2v) is 6.61. The zero-order valence-electron chi connectivity index (χ0n) is 9.17. The fourth-order valence-electron chi connectivity index (χ4n) is 1.93. The van der Waals surface area contributed by atoms with Crippen LogP contribution in [0.25, 0.3) is 0 Å². The number of rotatable bonds is 2. The van der Waals surface area contributed by atoms with E-state index in [2.05, 4.69) is 23.2 Å². The molecule has 2 nitrogen and oxygen atoms in total. The quantitative estimate of drug-likeness (QED) is 0.779. The molecule has 2 aromatic rings. The Morgan fingerprint density at radius 2 is 1.82 bits per heavy atom. The summed E-state index contributed by atoms with van der Waals surface area (Å²) in [6, 6.07) is 16.4. The van der Waals surface area contributed by atoms with Gasteiger partial charge in [0.1, 0.15) is 0 Å².